The van der Waals surface area contributed by atoms with Crippen molar-refractivity contribution < 1.29 is 9.47 Å². The van der Waals surface area contributed by atoms with Crippen LogP contribution in [0, 0.1) is 0 Å². The summed E-state index contributed by atoms with van der Waals surface area (Å²) in [6.07, 6.45) is 51.3. The number of allylic oxidation sites excluding steroid dienone is 8. The van der Waals surface area contributed by atoms with Gasteiger partial charge in [0.05, 0.1) is 12.7 Å². The fourth-order valence-corrected chi connectivity index (χ4v) is 6.13. The van der Waals surface area contributed by atoms with E-state index in [2.05, 4.69) is 74.5 Å². The monoisotopic (exact) mass is 643 g/mol. The maximum atomic E-state index is 6.66. The van der Waals surface area contributed by atoms with E-state index < -0.39 is 0 Å². The van der Waals surface area contributed by atoms with E-state index in [1.807, 2.05) is 0 Å². The van der Waals surface area contributed by atoms with Crippen LogP contribution in [0.4, 0.5) is 0 Å². The molecule has 0 aromatic rings. The molecule has 4 nitrogen and oxygen atoms in total. The lowest BCUT2D eigenvalue weighted by Crippen LogP contribution is -2.31. The summed E-state index contributed by atoms with van der Waals surface area (Å²) in [6, 6.07) is 0. The number of hydrogen-bond acceptors (Lipinski definition) is 4. The van der Waals surface area contributed by atoms with Gasteiger partial charge in [0.25, 0.3) is 0 Å². The molecule has 0 spiro atoms. The zero-order valence-corrected chi connectivity index (χ0v) is 31.0. The Balaban J connectivity index is 2.18. The molecule has 2 atom stereocenters. The van der Waals surface area contributed by atoms with Gasteiger partial charge in [-0.2, -0.15) is 0 Å². The van der Waals surface area contributed by atoms with Crippen LogP contribution in [0.5, 0.6) is 0 Å². The highest BCUT2D eigenvalue weighted by molar-refractivity contribution is 4.86. The van der Waals surface area contributed by atoms with Crippen LogP contribution in [0.3, 0.4) is 0 Å². The average molecular weight is 643 g/mol. The smallest absolute Gasteiger partial charge is 0.168 e. The number of nitrogens with zero attached hydrogens (tertiary/aromatic N) is 1. The number of rotatable bonds is 33. The summed E-state index contributed by atoms with van der Waals surface area (Å²) in [4.78, 5) is 2.25. The first-order valence-electron chi connectivity index (χ1n) is 19.9. The van der Waals surface area contributed by atoms with Crippen molar-refractivity contribution in [3.8, 4) is 0 Å². The van der Waals surface area contributed by atoms with E-state index in [9.17, 15) is 0 Å². The summed E-state index contributed by atoms with van der Waals surface area (Å²) in [5, 5.41) is 0. The minimum absolute atomic E-state index is 0.247. The molecular weight excluding hydrogens is 564 g/mol. The Labute approximate surface area is 287 Å². The molecule has 1 heterocycles. The Morgan fingerprint density at radius 3 is 1.35 bits per heavy atom. The van der Waals surface area contributed by atoms with E-state index in [4.69, 9.17) is 15.2 Å². The molecule has 268 valence electrons. The van der Waals surface area contributed by atoms with Gasteiger partial charge in [-0.05, 0) is 149 Å². The van der Waals surface area contributed by atoms with Gasteiger partial charge < -0.3 is 20.1 Å². The molecule has 0 amide bonds. The molecule has 0 bridgehead atoms. The standard InChI is InChI=1S/C42H78N2O2/c1-4-5-6-7-8-9-10-11-12-14-17-20-23-26-29-32-36-42(45-40-41(46-42)35-39-44(2)3)37-33-30-27-24-21-18-15-13-16-19-22-25-28-31-34-38-43/h8-9,17-18,20-22,25,41H,4-7,10-16,19,23-24,26-40,43H2,1-3H3/b9-8-,20-17-,21-18-,25-22-. The van der Waals surface area contributed by atoms with Crippen LogP contribution in [0.1, 0.15) is 174 Å². The Hall–Kier alpha value is -1.20. The average Bonchev–Trinajstić information content (AvgIpc) is 3.46. The molecule has 4 heteroatoms. The van der Waals surface area contributed by atoms with Gasteiger partial charge in [-0.1, -0.05) is 81.2 Å². The summed E-state index contributed by atoms with van der Waals surface area (Å²) >= 11 is 0. The molecule has 0 aliphatic carbocycles. The van der Waals surface area contributed by atoms with E-state index in [1.165, 1.54) is 141 Å². The quantitative estimate of drug-likeness (QED) is 0.0571. The van der Waals surface area contributed by atoms with E-state index in [-0.39, 0.29) is 11.9 Å². The number of nitrogens with two attached hydrogens (primary N) is 1. The molecule has 2 N–H and O–H groups in total. The third kappa shape index (κ3) is 26.8. The van der Waals surface area contributed by atoms with Gasteiger partial charge in [-0.25, -0.2) is 0 Å². The van der Waals surface area contributed by atoms with Crippen LogP contribution >= 0.6 is 0 Å². The summed E-state index contributed by atoms with van der Waals surface area (Å²) in [6.45, 7) is 4.91. The van der Waals surface area contributed by atoms with E-state index in [0.717, 1.165) is 45.4 Å². The molecular formula is C42H78N2O2. The third-order valence-corrected chi connectivity index (χ3v) is 9.12. The fourth-order valence-electron chi connectivity index (χ4n) is 6.13. The van der Waals surface area contributed by atoms with E-state index in [1.54, 1.807) is 0 Å². The number of unbranched alkanes of at least 4 members (excludes halogenated alkanes) is 17. The molecule has 0 radical (unpaired) electrons. The summed E-state index contributed by atoms with van der Waals surface area (Å²) in [5.41, 5.74) is 5.55. The van der Waals surface area contributed by atoms with E-state index >= 15 is 0 Å². The van der Waals surface area contributed by atoms with Crippen LogP contribution < -0.4 is 5.73 Å². The minimum Gasteiger partial charge on any atom is -0.347 e. The van der Waals surface area contributed by atoms with Crippen LogP contribution in [0.2, 0.25) is 0 Å². The Morgan fingerprint density at radius 2 is 0.957 bits per heavy atom. The van der Waals surface area contributed by atoms with Gasteiger partial charge in [-0.3, -0.25) is 0 Å². The van der Waals surface area contributed by atoms with Crippen LogP contribution in [0.25, 0.3) is 0 Å². The summed E-state index contributed by atoms with van der Waals surface area (Å²) in [7, 11) is 4.29. The topological polar surface area (TPSA) is 47.7 Å². The molecule has 1 rings (SSSR count). The molecule has 46 heavy (non-hydrogen) atoms. The fraction of sp³-hybridized carbons (Fsp3) is 0.810. The number of ether oxygens (including phenoxy) is 2. The van der Waals surface area contributed by atoms with Crippen molar-refractivity contribution in [2.75, 3.05) is 33.8 Å². The molecule has 1 saturated heterocycles. The first kappa shape index (κ1) is 42.8. The highest BCUT2D eigenvalue weighted by Crippen LogP contribution is 2.35. The predicted octanol–water partition coefficient (Wildman–Crippen LogP) is 12.0. The first-order valence-corrected chi connectivity index (χ1v) is 19.9. The van der Waals surface area contributed by atoms with Crippen molar-refractivity contribution in [3.05, 3.63) is 48.6 Å². The Bertz CT molecular complexity index is 709. The maximum Gasteiger partial charge on any atom is 0.168 e. The van der Waals surface area contributed by atoms with Crippen LogP contribution in [-0.4, -0.2) is 50.6 Å². The van der Waals surface area contributed by atoms with Gasteiger partial charge in [0.2, 0.25) is 0 Å². The van der Waals surface area contributed by atoms with Gasteiger partial charge in [0.15, 0.2) is 5.79 Å². The lowest BCUT2D eigenvalue weighted by atomic mass is 9.99. The summed E-state index contributed by atoms with van der Waals surface area (Å²) in [5.74, 6) is -0.341. The second-order valence-corrected chi connectivity index (χ2v) is 14.0. The van der Waals surface area contributed by atoms with Crippen LogP contribution in [0.15, 0.2) is 48.6 Å². The predicted molar refractivity (Wildman–Crippen MR) is 203 cm³/mol. The van der Waals surface area contributed by atoms with Crippen molar-refractivity contribution >= 4 is 0 Å². The van der Waals surface area contributed by atoms with Gasteiger partial charge in [0.1, 0.15) is 0 Å². The molecule has 1 aliphatic heterocycles. The van der Waals surface area contributed by atoms with Crippen molar-refractivity contribution in [1.29, 1.82) is 0 Å². The summed E-state index contributed by atoms with van der Waals surface area (Å²) < 4.78 is 13.1. The first-order chi connectivity index (χ1) is 22.6. The molecule has 1 fully saturated rings. The molecule has 1 aliphatic rings. The molecule has 0 aromatic carbocycles. The lowest BCUT2D eigenvalue weighted by molar-refractivity contribution is -0.180. The normalized spacial score (nSPS) is 19.0. The van der Waals surface area contributed by atoms with Crippen molar-refractivity contribution in [2.45, 2.75) is 186 Å². The van der Waals surface area contributed by atoms with E-state index in [0.29, 0.717) is 0 Å². The van der Waals surface area contributed by atoms with Gasteiger partial charge in [0, 0.05) is 19.4 Å². The molecule has 0 aromatic heterocycles. The van der Waals surface area contributed by atoms with Crippen LogP contribution in [-0.2, 0) is 9.47 Å². The lowest BCUT2D eigenvalue weighted by Gasteiger charge is -2.28. The Kier molecular flexibility index (Phi) is 30.1. The van der Waals surface area contributed by atoms with Crippen molar-refractivity contribution in [1.82, 2.24) is 4.90 Å². The van der Waals surface area contributed by atoms with Gasteiger partial charge in [-0.15, -0.1) is 0 Å². The number of hydrogen-bond donors (Lipinski definition) is 1. The third-order valence-electron chi connectivity index (χ3n) is 9.12. The van der Waals surface area contributed by atoms with Crippen molar-refractivity contribution in [3.63, 3.8) is 0 Å². The molecule has 2 unspecified atom stereocenters. The largest absolute Gasteiger partial charge is 0.347 e. The molecule has 0 saturated carbocycles. The zero-order valence-electron chi connectivity index (χ0n) is 31.0. The second-order valence-electron chi connectivity index (χ2n) is 14.0. The Morgan fingerprint density at radius 1 is 0.565 bits per heavy atom. The highest BCUT2D eigenvalue weighted by Gasteiger charge is 2.40. The SMILES string of the molecule is CCCCC/C=C\CCCC/C=C\CCCCCC1(CCCCC/C=C\CCCC/C=C\CCCCN)OCC(CCN(C)C)O1. The van der Waals surface area contributed by atoms with Crippen molar-refractivity contribution in [2.24, 2.45) is 5.73 Å². The van der Waals surface area contributed by atoms with Gasteiger partial charge >= 0.3 is 0 Å². The maximum absolute atomic E-state index is 6.66. The minimum atomic E-state index is -0.341. The highest BCUT2D eigenvalue weighted by atomic mass is 16.7. The second kappa shape index (κ2) is 32.4. The zero-order chi connectivity index (χ0) is 33.2.